The van der Waals surface area contributed by atoms with E-state index in [0.29, 0.717) is 36.5 Å². The van der Waals surface area contributed by atoms with Crippen molar-refractivity contribution in [1.82, 2.24) is 9.88 Å². The molecule has 5 nitrogen and oxygen atoms in total. The fraction of sp³-hybridized carbons (Fsp3) is 0.654. The highest BCUT2D eigenvalue weighted by Gasteiger charge is 2.60. The first-order chi connectivity index (χ1) is 15.2. The predicted octanol–water partition coefficient (Wildman–Crippen LogP) is 5.58. The van der Waals surface area contributed by atoms with Gasteiger partial charge in [-0.3, -0.25) is 14.6 Å². The summed E-state index contributed by atoms with van der Waals surface area (Å²) < 4.78 is 0. The lowest BCUT2D eigenvalue weighted by atomic mass is 9.49. The van der Waals surface area contributed by atoms with Crippen molar-refractivity contribution in [3.05, 3.63) is 35.3 Å². The Bertz CT molecular complexity index is 963. The molecule has 1 aromatic rings. The van der Waals surface area contributed by atoms with Gasteiger partial charge in [-0.05, 0) is 79.7 Å². The number of piperidine rings is 1. The molecule has 6 atom stereocenters. The van der Waals surface area contributed by atoms with Crippen LogP contribution in [0.15, 0.2) is 35.3 Å². The fourth-order valence-corrected chi connectivity index (χ4v) is 8.52. The minimum absolute atomic E-state index is 0.0131. The van der Waals surface area contributed by atoms with Crippen LogP contribution in [0, 0.1) is 34.5 Å². The van der Waals surface area contributed by atoms with Crippen LogP contribution >= 0.6 is 11.6 Å². The molecular formula is C26H34ClN3O2. The van der Waals surface area contributed by atoms with Gasteiger partial charge in [0.05, 0.1) is 0 Å². The number of hydrogen-bond acceptors (Lipinski definition) is 3. The lowest BCUT2D eigenvalue weighted by Crippen LogP contribution is -2.54. The third-order valence-corrected chi connectivity index (χ3v) is 9.96. The topological polar surface area (TPSA) is 62.3 Å². The van der Waals surface area contributed by atoms with E-state index in [1.54, 1.807) is 12.4 Å². The maximum atomic E-state index is 12.8. The van der Waals surface area contributed by atoms with E-state index < -0.39 is 0 Å². The summed E-state index contributed by atoms with van der Waals surface area (Å²) in [4.78, 5) is 31.1. The van der Waals surface area contributed by atoms with Crippen molar-refractivity contribution in [3.8, 4) is 0 Å². The number of rotatable bonds is 3. The van der Waals surface area contributed by atoms with Gasteiger partial charge in [0.2, 0.25) is 11.8 Å². The number of anilines is 1. The number of nitrogens with zero attached hydrogens (tertiary/aromatic N) is 2. The smallest absolute Gasteiger partial charge is 0.226 e. The zero-order chi connectivity index (χ0) is 22.7. The number of allylic oxidation sites excluding steroid dienone is 2. The van der Waals surface area contributed by atoms with Crippen LogP contribution in [-0.4, -0.2) is 28.7 Å². The van der Waals surface area contributed by atoms with Gasteiger partial charge in [-0.2, -0.15) is 0 Å². The predicted molar refractivity (Wildman–Crippen MR) is 126 cm³/mol. The second kappa shape index (κ2) is 7.86. The zero-order valence-electron chi connectivity index (χ0n) is 19.4. The van der Waals surface area contributed by atoms with Crippen LogP contribution in [0.25, 0.3) is 0 Å². The summed E-state index contributed by atoms with van der Waals surface area (Å²) in [5.74, 6) is 2.41. The standard InChI is InChI=1S/C26H34ClN3O2/c1-25-10-6-20-18(15-21(27)24-26(20,2)11-7-23(32)30(24)3)19(25)5-4-16(25)14-22(31)29-17-8-12-28-13-9-17/h8-9,12-13,16,18-20H,4-7,10-11,14-15H2,1-3H3,(H,28,29,31)/t16-,18+,19+,20+,25-,26-/m1/s1. The molecule has 2 amide bonds. The number of carbonyl (C=O) groups is 2. The summed E-state index contributed by atoms with van der Waals surface area (Å²) in [7, 11) is 1.90. The molecule has 32 heavy (non-hydrogen) atoms. The molecule has 172 valence electrons. The highest BCUT2D eigenvalue weighted by atomic mass is 35.5. The molecule has 5 rings (SSSR count). The maximum Gasteiger partial charge on any atom is 0.226 e. The highest BCUT2D eigenvalue weighted by molar-refractivity contribution is 6.30. The molecule has 3 aliphatic carbocycles. The van der Waals surface area contributed by atoms with Crippen LogP contribution < -0.4 is 5.32 Å². The second-order valence-corrected chi connectivity index (χ2v) is 11.5. The minimum Gasteiger partial charge on any atom is -0.326 e. The van der Waals surface area contributed by atoms with Gasteiger partial charge in [0.25, 0.3) is 0 Å². The Morgan fingerprint density at radius 2 is 1.94 bits per heavy atom. The third-order valence-electron chi connectivity index (χ3n) is 9.63. The summed E-state index contributed by atoms with van der Waals surface area (Å²) in [6.45, 7) is 4.78. The number of halogens is 1. The van der Waals surface area contributed by atoms with Crippen LogP contribution in [0.1, 0.15) is 65.2 Å². The lowest BCUT2D eigenvalue weighted by Gasteiger charge is -2.59. The molecule has 1 aliphatic heterocycles. The van der Waals surface area contributed by atoms with Gasteiger partial charge in [0, 0.05) is 54.1 Å². The normalized spacial score (nSPS) is 38.8. The van der Waals surface area contributed by atoms with Crippen molar-refractivity contribution in [1.29, 1.82) is 0 Å². The van der Waals surface area contributed by atoms with Gasteiger partial charge in [-0.15, -0.1) is 0 Å². The molecule has 0 bridgehead atoms. The van der Waals surface area contributed by atoms with E-state index in [-0.39, 0.29) is 22.6 Å². The van der Waals surface area contributed by atoms with Crippen molar-refractivity contribution < 1.29 is 9.59 Å². The summed E-state index contributed by atoms with van der Waals surface area (Å²) in [6, 6.07) is 3.67. The summed E-state index contributed by atoms with van der Waals surface area (Å²) in [5, 5.41) is 3.95. The van der Waals surface area contributed by atoms with E-state index in [2.05, 4.69) is 24.1 Å². The maximum absolute atomic E-state index is 12.8. The first-order valence-electron chi connectivity index (χ1n) is 12.1. The molecule has 2 heterocycles. The molecule has 6 heteroatoms. The monoisotopic (exact) mass is 455 g/mol. The Balaban J connectivity index is 1.36. The van der Waals surface area contributed by atoms with Crippen molar-refractivity contribution >= 4 is 29.1 Å². The highest BCUT2D eigenvalue weighted by Crippen LogP contribution is 2.67. The number of carbonyl (C=O) groups excluding carboxylic acids is 2. The average molecular weight is 456 g/mol. The first kappa shape index (κ1) is 21.9. The molecule has 3 fully saturated rings. The van der Waals surface area contributed by atoms with Gasteiger partial charge in [-0.25, -0.2) is 0 Å². The number of pyridine rings is 1. The van der Waals surface area contributed by atoms with Crippen molar-refractivity contribution in [3.63, 3.8) is 0 Å². The van der Waals surface area contributed by atoms with E-state index >= 15 is 0 Å². The molecule has 4 aliphatic rings. The Morgan fingerprint density at radius 1 is 1.19 bits per heavy atom. The molecule has 0 aromatic carbocycles. The van der Waals surface area contributed by atoms with E-state index in [4.69, 9.17) is 11.6 Å². The van der Waals surface area contributed by atoms with Gasteiger partial charge >= 0.3 is 0 Å². The summed E-state index contributed by atoms with van der Waals surface area (Å²) in [5.41, 5.74) is 2.07. The summed E-state index contributed by atoms with van der Waals surface area (Å²) in [6.07, 6.45) is 11.0. The number of aromatic nitrogens is 1. The van der Waals surface area contributed by atoms with Gasteiger partial charge in [-0.1, -0.05) is 25.4 Å². The van der Waals surface area contributed by atoms with E-state index in [9.17, 15) is 9.59 Å². The Labute approximate surface area is 196 Å². The van der Waals surface area contributed by atoms with E-state index in [1.807, 2.05) is 24.1 Å². The van der Waals surface area contributed by atoms with Gasteiger partial charge in [0.15, 0.2) is 0 Å². The Morgan fingerprint density at radius 3 is 2.69 bits per heavy atom. The largest absolute Gasteiger partial charge is 0.326 e. The lowest BCUT2D eigenvalue weighted by molar-refractivity contribution is -0.136. The SMILES string of the molecule is CN1C(=O)CC[C@@]2(C)C1=C(Cl)C[C@H]1[C@@H]3CC[C@H](CC(=O)Nc4ccncc4)[C@@]3(C)CC[C@@H]12. The second-order valence-electron chi connectivity index (χ2n) is 11.0. The van der Waals surface area contributed by atoms with Gasteiger partial charge < -0.3 is 10.2 Å². The van der Waals surface area contributed by atoms with Crippen LogP contribution in [0.5, 0.6) is 0 Å². The van der Waals surface area contributed by atoms with Crippen LogP contribution in [0.4, 0.5) is 5.69 Å². The number of fused-ring (bicyclic) bond motifs is 5. The molecule has 1 N–H and O–H groups in total. The number of hydrogen-bond donors (Lipinski definition) is 1. The van der Waals surface area contributed by atoms with Crippen LogP contribution in [0.3, 0.4) is 0 Å². The van der Waals surface area contributed by atoms with E-state index in [1.165, 1.54) is 6.42 Å². The Hall–Kier alpha value is -1.88. The van der Waals surface area contributed by atoms with Crippen molar-refractivity contribution in [2.75, 3.05) is 12.4 Å². The van der Waals surface area contributed by atoms with E-state index in [0.717, 1.165) is 48.5 Å². The first-order valence-corrected chi connectivity index (χ1v) is 12.5. The quantitative estimate of drug-likeness (QED) is 0.646. The van der Waals surface area contributed by atoms with Crippen molar-refractivity contribution in [2.45, 2.75) is 65.2 Å². The number of nitrogens with one attached hydrogen (secondary N) is 1. The molecule has 0 spiro atoms. The summed E-state index contributed by atoms with van der Waals surface area (Å²) >= 11 is 6.92. The zero-order valence-corrected chi connectivity index (χ0v) is 20.1. The number of amides is 2. The molecular weight excluding hydrogens is 422 g/mol. The van der Waals surface area contributed by atoms with Crippen LogP contribution in [-0.2, 0) is 9.59 Å². The third kappa shape index (κ3) is 3.30. The molecule has 2 saturated carbocycles. The minimum atomic E-state index is -0.0131. The molecule has 0 unspecified atom stereocenters. The number of likely N-dealkylation sites (tertiary alicyclic amines) is 1. The van der Waals surface area contributed by atoms with Gasteiger partial charge in [0.1, 0.15) is 0 Å². The fourth-order valence-electron chi connectivity index (χ4n) is 8.00. The molecule has 1 saturated heterocycles. The average Bonchev–Trinajstić information content (AvgIpc) is 3.08. The molecule has 0 radical (unpaired) electrons. The molecule has 1 aromatic heterocycles. The van der Waals surface area contributed by atoms with Crippen molar-refractivity contribution in [2.24, 2.45) is 34.5 Å². The van der Waals surface area contributed by atoms with Crippen LogP contribution in [0.2, 0.25) is 0 Å². The Kier molecular flexibility index (Phi) is 5.39.